The molecule has 5 rings (SSSR count). The lowest BCUT2D eigenvalue weighted by Gasteiger charge is -2.22. The number of rotatable bonds is 3. The van der Waals surface area contributed by atoms with Gasteiger partial charge in [0.1, 0.15) is 10.5 Å². The molecule has 5 nitrogen and oxygen atoms in total. The van der Waals surface area contributed by atoms with E-state index in [1.54, 1.807) is 11.3 Å². The number of carbonyl (C=O) groups excluding carboxylic acids is 2. The molecule has 130 valence electrons. The number of amides is 3. The fourth-order valence-corrected chi connectivity index (χ4v) is 5.32. The minimum absolute atomic E-state index is 0.169. The molecule has 0 bridgehead atoms. The van der Waals surface area contributed by atoms with E-state index in [9.17, 15) is 9.59 Å². The smallest absolute Gasteiger partial charge is 0.319 e. The van der Waals surface area contributed by atoms with Gasteiger partial charge in [-0.1, -0.05) is 24.3 Å². The summed E-state index contributed by atoms with van der Waals surface area (Å²) in [6.45, 7) is 0.204. The molecule has 3 amide bonds. The maximum atomic E-state index is 13.2. The van der Waals surface area contributed by atoms with E-state index in [0.717, 1.165) is 33.8 Å². The summed E-state index contributed by atoms with van der Waals surface area (Å²) in [6.07, 6.45) is 1.42. The van der Waals surface area contributed by atoms with E-state index < -0.39 is 5.54 Å². The van der Waals surface area contributed by atoms with Crippen LogP contribution in [-0.4, -0.2) is 21.8 Å². The van der Waals surface area contributed by atoms with Crippen molar-refractivity contribution in [1.29, 1.82) is 0 Å². The van der Waals surface area contributed by atoms with E-state index in [1.165, 1.54) is 16.2 Å². The number of thiazole rings is 1. The number of aryl methyl sites for hydroxylation is 1. The highest BCUT2D eigenvalue weighted by molar-refractivity contribution is 7.14. The summed E-state index contributed by atoms with van der Waals surface area (Å²) in [5.41, 5.74) is 2.97. The number of hydrogen-bond acceptors (Lipinski definition) is 5. The Labute approximate surface area is 158 Å². The number of urea groups is 1. The maximum Gasteiger partial charge on any atom is 0.325 e. The van der Waals surface area contributed by atoms with Crippen LogP contribution in [0.15, 0.2) is 46.5 Å². The molecule has 1 aliphatic carbocycles. The van der Waals surface area contributed by atoms with E-state index in [-0.39, 0.29) is 18.5 Å². The molecule has 26 heavy (non-hydrogen) atoms. The number of thiophene rings is 1. The molecule has 1 saturated heterocycles. The molecule has 0 radical (unpaired) electrons. The monoisotopic (exact) mass is 381 g/mol. The van der Waals surface area contributed by atoms with Crippen LogP contribution in [0, 0.1) is 0 Å². The molecule has 7 heteroatoms. The van der Waals surface area contributed by atoms with Gasteiger partial charge in [0.05, 0.1) is 12.2 Å². The fraction of sp³-hybridized carbons (Fsp3) is 0.211. The molecule has 1 fully saturated rings. The predicted octanol–water partition coefficient (Wildman–Crippen LogP) is 3.77. The van der Waals surface area contributed by atoms with Gasteiger partial charge in [0, 0.05) is 16.3 Å². The summed E-state index contributed by atoms with van der Waals surface area (Å²) in [5, 5.41) is 9.84. The molecule has 1 atom stereocenters. The number of imide groups is 1. The third-order valence-electron chi connectivity index (χ3n) is 5.06. The van der Waals surface area contributed by atoms with Crippen molar-refractivity contribution in [3.05, 3.63) is 63.3 Å². The molecular formula is C19H15N3O2S2. The Morgan fingerprint density at radius 1 is 1.19 bits per heavy atom. The standard InChI is InChI=1S/C19H15N3O2S2/c23-17-19(7-5-12-3-1-2-4-15(12)19)21-18(24)22(17)9-14-11-26-16(20-14)13-6-8-25-10-13/h1-4,6,8,10-11H,5,7,9H2,(H,21,24)/t19-/m1/s1. The van der Waals surface area contributed by atoms with Gasteiger partial charge in [-0.25, -0.2) is 9.78 Å². The number of nitrogens with one attached hydrogen (secondary N) is 1. The Bertz CT molecular complexity index is 1010. The number of carbonyl (C=O) groups is 2. The Kier molecular flexibility index (Phi) is 3.48. The Morgan fingerprint density at radius 2 is 2.08 bits per heavy atom. The second-order valence-electron chi connectivity index (χ2n) is 6.54. The molecule has 3 aromatic rings. The fourth-order valence-electron chi connectivity index (χ4n) is 3.79. The van der Waals surface area contributed by atoms with Crippen LogP contribution in [0.3, 0.4) is 0 Å². The van der Waals surface area contributed by atoms with Gasteiger partial charge in [-0.05, 0) is 35.4 Å². The lowest BCUT2D eigenvalue weighted by Crippen LogP contribution is -2.41. The molecule has 1 spiro atoms. The number of hydrogen-bond donors (Lipinski definition) is 1. The average Bonchev–Trinajstić information content (AvgIpc) is 3.41. The quantitative estimate of drug-likeness (QED) is 0.703. The van der Waals surface area contributed by atoms with Crippen molar-refractivity contribution in [2.45, 2.75) is 24.9 Å². The third kappa shape index (κ3) is 2.24. The summed E-state index contributed by atoms with van der Waals surface area (Å²) < 4.78 is 0. The van der Waals surface area contributed by atoms with Gasteiger partial charge in [-0.3, -0.25) is 9.69 Å². The molecule has 2 aromatic heterocycles. The van der Waals surface area contributed by atoms with Crippen molar-refractivity contribution in [2.24, 2.45) is 0 Å². The van der Waals surface area contributed by atoms with Crippen LogP contribution < -0.4 is 5.32 Å². The SMILES string of the molecule is O=C1N[C@@]2(CCc3ccccc32)C(=O)N1Cc1csc(-c2ccsc2)n1. The number of fused-ring (bicyclic) bond motifs is 2. The predicted molar refractivity (Wildman–Crippen MR) is 101 cm³/mol. The van der Waals surface area contributed by atoms with Crippen LogP contribution >= 0.6 is 22.7 Å². The van der Waals surface area contributed by atoms with Crippen molar-refractivity contribution in [3.8, 4) is 10.6 Å². The lowest BCUT2D eigenvalue weighted by atomic mass is 9.92. The van der Waals surface area contributed by atoms with Gasteiger partial charge in [0.25, 0.3) is 5.91 Å². The molecule has 0 unspecified atom stereocenters. The molecular weight excluding hydrogens is 366 g/mol. The van der Waals surface area contributed by atoms with Crippen LogP contribution in [0.1, 0.15) is 23.2 Å². The topological polar surface area (TPSA) is 62.3 Å². The highest BCUT2D eigenvalue weighted by atomic mass is 32.1. The zero-order valence-electron chi connectivity index (χ0n) is 13.8. The van der Waals surface area contributed by atoms with E-state index in [1.807, 2.05) is 46.5 Å². The van der Waals surface area contributed by atoms with Crippen LogP contribution in [0.4, 0.5) is 4.79 Å². The first-order valence-corrected chi connectivity index (χ1v) is 10.2. The third-order valence-corrected chi connectivity index (χ3v) is 6.69. The van der Waals surface area contributed by atoms with Gasteiger partial charge in [-0.2, -0.15) is 11.3 Å². The van der Waals surface area contributed by atoms with E-state index in [0.29, 0.717) is 6.42 Å². The first kappa shape index (κ1) is 15.7. The highest BCUT2D eigenvalue weighted by Crippen LogP contribution is 2.41. The highest BCUT2D eigenvalue weighted by Gasteiger charge is 2.55. The molecule has 3 heterocycles. The summed E-state index contributed by atoms with van der Waals surface area (Å²) in [4.78, 5) is 31.6. The summed E-state index contributed by atoms with van der Waals surface area (Å²) in [7, 11) is 0. The van der Waals surface area contributed by atoms with Crippen LogP contribution in [0.25, 0.3) is 10.6 Å². The van der Waals surface area contributed by atoms with Gasteiger partial charge >= 0.3 is 6.03 Å². The van der Waals surface area contributed by atoms with Gasteiger partial charge < -0.3 is 5.32 Å². The second kappa shape index (κ2) is 5.75. The van der Waals surface area contributed by atoms with Gasteiger partial charge in [-0.15, -0.1) is 11.3 Å². The summed E-state index contributed by atoms with van der Waals surface area (Å²) >= 11 is 3.15. The van der Waals surface area contributed by atoms with Gasteiger partial charge in [0.15, 0.2) is 0 Å². The van der Waals surface area contributed by atoms with Crippen molar-refractivity contribution < 1.29 is 9.59 Å². The van der Waals surface area contributed by atoms with Crippen molar-refractivity contribution >= 4 is 34.6 Å². The number of benzene rings is 1. The van der Waals surface area contributed by atoms with Crippen molar-refractivity contribution in [1.82, 2.24) is 15.2 Å². The zero-order chi connectivity index (χ0) is 17.7. The van der Waals surface area contributed by atoms with Crippen LogP contribution in [0.2, 0.25) is 0 Å². The normalized spacial score (nSPS) is 21.5. The van der Waals surface area contributed by atoms with E-state index in [4.69, 9.17) is 0 Å². The largest absolute Gasteiger partial charge is 0.325 e. The summed E-state index contributed by atoms with van der Waals surface area (Å²) in [5.74, 6) is -0.169. The first-order valence-electron chi connectivity index (χ1n) is 8.37. The Hall–Kier alpha value is -2.51. The first-order chi connectivity index (χ1) is 12.7. The van der Waals surface area contributed by atoms with E-state index in [2.05, 4.69) is 10.3 Å². The zero-order valence-corrected chi connectivity index (χ0v) is 15.4. The maximum absolute atomic E-state index is 13.2. The second-order valence-corrected chi connectivity index (χ2v) is 8.18. The molecule has 0 saturated carbocycles. The number of nitrogens with zero attached hydrogens (tertiary/aromatic N) is 2. The van der Waals surface area contributed by atoms with Gasteiger partial charge in [0.2, 0.25) is 0 Å². The summed E-state index contributed by atoms with van der Waals surface area (Å²) in [6, 6.07) is 9.55. The Balaban J connectivity index is 1.43. The molecule has 2 aliphatic rings. The molecule has 1 N–H and O–H groups in total. The van der Waals surface area contributed by atoms with Crippen LogP contribution in [0.5, 0.6) is 0 Å². The molecule has 1 aliphatic heterocycles. The minimum Gasteiger partial charge on any atom is -0.319 e. The van der Waals surface area contributed by atoms with Crippen molar-refractivity contribution in [2.75, 3.05) is 0 Å². The van der Waals surface area contributed by atoms with Crippen LogP contribution in [-0.2, 0) is 23.3 Å². The molecule has 1 aromatic carbocycles. The number of aromatic nitrogens is 1. The van der Waals surface area contributed by atoms with E-state index >= 15 is 0 Å². The van der Waals surface area contributed by atoms with Crippen molar-refractivity contribution in [3.63, 3.8) is 0 Å². The average molecular weight is 381 g/mol. The minimum atomic E-state index is -0.903. The lowest BCUT2D eigenvalue weighted by molar-refractivity contribution is -0.132. The Morgan fingerprint density at radius 3 is 2.92 bits per heavy atom.